The summed E-state index contributed by atoms with van der Waals surface area (Å²) >= 11 is 0. The van der Waals surface area contributed by atoms with Crippen molar-refractivity contribution >= 4 is 0 Å². The summed E-state index contributed by atoms with van der Waals surface area (Å²) in [6, 6.07) is 0.716. The van der Waals surface area contributed by atoms with Gasteiger partial charge < -0.3 is 10.1 Å². The van der Waals surface area contributed by atoms with E-state index < -0.39 is 0 Å². The van der Waals surface area contributed by atoms with Gasteiger partial charge in [0, 0.05) is 37.2 Å². The lowest BCUT2D eigenvalue weighted by Gasteiger charge is -2.29. The van der Waals surface area contributed by atoms with Gasteiger partial charge in [0.2, 0.25) is 0 Å². The first-order valence-corrected chi connectivity index (χ1v) is 7.42. The second-order valence-corrected chi connectivity index (χ2v) is 5.20. The standard InChI is InChI=1S/C15H25N3O/c1-4-15(5-2,19-6-3)14-17-10-12(11-18-14)9-16-13-7-8-13/h10-11,13,16H,4-9H2,1-3H3. The van der Waals surface area contributed by atoms with E-state index in [1.807, 2.05) is 19.3 Å². The summed E-state index contributed by atoms with van der Waals surface area (Å²) in [5.41, 5.74) is 0.824. The molecule has 1 N–H and O–H groups in total. The Hall–Kier alpha value is -1.00. The third-order valence-corrected chi connectivity index (χ3v) is 3.85. The van der Waals surface area contributed by atoms with Crippen LogP contribution in [0.5, 0.6) is 0 Å². The molecule has 1 saturated carbocycles. The Morgan fingerprint density at radius 2 is 1.84 bits per heavy atom. The number of nitrogens with one attached hydrogen (secondary N) is 1. The Bertz CT molecular complexity index is 383. The molecule has 2 rings (SSSR count). The highest BCUT2D eigenvalue weighted by Gasteiger charge is 2.32. The minimum Gasteiger partial charge on any atom is -0.367 e. The molecule has 19 heavy (non-hydrogen) atoms. The number of nitrogens with zero attached hydrogens (tertiary/aromatic N) is 2. The normalized spacial score (nSPS) is 15.7. The molecule has 106 valence electrons. The molecule has 1 fully saturated rings. The Labute approximate surface area is 116 Å². The maximum Gasteiger partial charge on any atom is 0.160 e. The Morgan fingerprint density at radius 3 is 2.32 bits per heavy atom. The van der Waals surface area contributed by atoms with Crippen molar-refractivity contribution < 1.29 is 4.74 Å². The smallest absolute Gasteiger partial charge is 0.160 e. The van der Waals surface area contributed by atoms with Gasteiger partial charge in [-0.2, -0.15) is 0 Å². The van der Waals surface area contributed by atoms with Crippen molar-refractivity contribution in [2.75, 3.05) is 6.61 Å². The zero-order chi connectivity index (χ0) is 13.7. The van der Waals surface area contributed by atoms with Crippen LogP contribution in [0.4, 0.5) is 0 Å². The number of ether oxygens (including phenoxy) is 1. The van der Waals surface area contributed by atoms with E-state index in [0.29, 0.717) is 12.6 Å². The van der Waals surface area contributed by atoms with Gasteiger partial charge in [-0.3, -0.25) is 0 Å². The van der Waals surface area contributed by atoms with Crippen LogP contribution in [0.3, 0.4) is 0 Å². The van der Waals surface area contributed by atoms with Crippen LogP contribution in [0.25, 0.3) is 0 Å². The molecule has 1 aliphatic carbocycles. The summed E-state index contributed by atoms with van der Waals surface area (Å²) in [4.78, 5) is 9.07. The van der Waals surface area contributed by atoms with Crippen LogP contribution in [-0.4, -0.2) is 22.6 Å². The van der Waals surface area contributed by atoms with E-state index in [1.54, 1.807) is 0 Å². The SMILES string of the molecule is CCOC(CC)(CC)c1ncc(CNC2CC2)cn1. The molecule has 0 bridgehead atoms. The van der Waals surface area contributed by atoms with Crippen LogP contribution in [0.2, 0.25) is 0 Å². The van der Waals surface area contributed by atoms with Crippen LogP contribution in [0, 0.1) is 0 Å². The predicted octanol–water partition coefficient (Wildman–Crippen LogP) is 2.78. The summed E-state index contributed by atoms with van der Waals surface area (Å²) in [6.07, 6.45) is 8.26. The zero-order valence-corrected chi connectivity index (χ0v) is 12.3. The highest BCUT2D eigenvalue weighted by Crippen LogP contribution is 2.30. The molecule has 1 aromatic rings. The van der Waals surface area contributed by atoms with Gasteiger partial charge in [-0.15, -0.1) is 0 Å². The maximum absolute atomic E-state index is 5.92. The number of hydrogen-bond donors (Lipinski definition) is 1. The molecule has 0 aromatic carbocycles. The van der Waals surface area contributed by atoms with E-state index in [1.165, 1.54) is 12.8 Å². The fourth-order valence-corrected chi connectivity index (χ4v) is 2.34. The van der Waals surface area contributed by atoms with Crippen molar-refractivity contribution in [2.24, 2.45) is 0 Å². The van der Waals surface area contributed by atoms with Crippen LogP contribution in [-0.2, 0) is 16.9 Å². The Morgan fingerprint density at radius 1 is 1.21 bits per heavy atom. The first kappa shape index (κ1) is 14.4. The van der Waals surface area contributed by atoms with Gasteiger partial charge in [-0.1, -0.05) is 13.8 Å². The highest BCUT2D eigenvalue weighted by atomic mass is 16.5. The van der Waals surface area contributed by atoms with Crippen LogP contribution in [0.15, 0.2) is 12.4 Å². The minimum atomic E-state index is -0.322. The van der Waals surface area contributed by atoms with Crippen molar-refractivity contribution in [1.82, 2.24) is 15.3 Å². The molecule has 0 aliphatic heterocycles. The van der Waals surface area contributed by atoms with Gasteiger partial charge >= 0.3 is 0 Å². The quantitative estimate of drug-likeness (QED) is 0.783. The van der Waals surface area contributed by atoms with Gasteiger partial charge in [0.25, 0.3) is 0 Å². The lowest BCUT2D eigenvalue weighted by molar-refractivity contribution is -0.0572. The number of aromatic nitrogens is 2. The first-order valence-electron chi connectivity index (χ1n) is 7.42. The molecular formula is C15H25N3O. The lowest BCUT2D eigenvalue weighted by atomic mass is 9.96. The third kappa shape index (κ3) is 3.51. The average Bonchev–Trinajstić information content (AvgIpc) is 3.28. The maximum atomic E-state index is 5.92. The van der Waals surface area contributed by atoms with Crippen molar-refractivity contribution in [2.45, 2.75) is 64.6 Å². The van der Waals surface area contributed by atoms with Gasteiger partial charge in [-0.05, 0) is 32.6 Å². The largest absolute Gasteiger partial charge is 0.367 e. The van der Waals surface area contributed by atoms with E-state index in [4.69, 9.17) is 4.74 Å². The zero-order valence-electron chi connectivity index (χ0n) is 12.3. The fraction of sp³-hybridized carbons (Fsp3) is 0.733. The molecule has 0 radical (unpaired) electrons. The molecule has 1 aromatic heterocycles. The second kappa shape index (κ2) is 6.44. The second-order valence-electron chi connectivity index (χ2n) is 5.20. The highest BCUT2D eigenvalue weighted by molar-refractivity contribution is 5.10. The van der Waals surface area contributed by atoms with Gasteiger partial charge in [-0.25, -0.2) is 9.97 Å². The third-order valence-electron chi connectivity index (χ3n) is 3.85. The monoisotopic (exact) mass is 263 g/mol. The van der Waals surface area contributed by atoms with Crippen LogP contribution >= 0.6 is 0 Å². The van der Waals surface area contributed by atoms with E-state index in [-0.39, 0.29) is 5.60 Å². The van der Waals surface area contributed by atoms with Crippen molar-refractivity contribution in [3.63, 3.8) is 0 Å². The first-order chi connectivity index (χ1) is 9.24. The van der Waals surface area contributed by atoms with Crippen molar-refractivity contribution in [3.05, 3.63) is 23.8 Å². The summed E-state index contributed by atoms with van der Waals surface area (Å²) in [7, 11) is 0. The molecule has 0 amide bonds. The van der Waals surface area contributed by atoms with E-state index in [2.05, 4.69) is 29.1 Å². The van der Waals surface area contributed by atoms with Crippen molar-refractivity contribution in [3.8, 4) is 0 Å². The lowest BCUT2D eigenvalue weighted by Crippen LogP contribution is -2.31. The molecule has 1 heterocycles. The molecule has 0 atom stereocenters. The van der Waals surface area contributed by atoms with Gasteiger partial charge in [0.05, 0.1) is 0 Å². The summed E-state index contributed by atoms with van der Waals surface area (Å²) in [5, 5.41) is 3.47. The molecule has 0 unspecified atom stereocenters. The van der Waals surface area contributed by atoms with Gasteiger partial charge in [0.1, 0.15) is 5.60 Å². The molecule has 4 heteroatoms. The van der Waals surface area contributed by atoms with Gasteiger partial charge in [0.15, 0.2) is 5.82 Å². The van der Waals surface area contributed by atoms with E-state index in [9.17, 15) is 0 Å². The molecule has 0 saturated heterocycles. The van der Waals surface area contributed by atoms with Crippen molar-refractivity contribution in [1.29, 1.82) is 0 Å². The van der Waals surface area contributed by atoms with Crippen LogP contribution in [0.1, 0.15) is 57.8 Å². The molecule has 1 aliphatic rings. The number of rotatable bonds is 8. The Kier molecular flexibility index (Phi) is 4.88. The average molecular weight is 263 g/mol. The minimum absolute atomic E-state index is 0.322. The topological polar surface area (TPSA) is 47.0 Å². The predicted molar refractivity (Wildman–Crippen MR) is 75.8 cm³/mol. The molecule has 0 spiro atoms. The fourth-order valence-electron chi connectivity index (χ4n) is 2.34. The molecule has 4 nitrogen and oxygen atoms in total. The van der Waals surface area contributed by atoms with E-state index >= 15 is 0 Å². The summed E-state index contributed by atoms with van der Waals surface area (Å²) in [6.45, 7) is 7.84. The number of hydrogen-bond acceptors (Lipinski definition) is 4. The van der Waals surface area contributed by atoms with Crippen LogP contribution < -0.4 is 5.32 Å². The molecular weight excluding hydrogens is 238 g/mol. The summed E-state index contributed by atoms with van der Waals surface area (Å²) in [5.74, 6) is 0.814. The van der Waals surface area contributed by atoms with E-state index in [0.717, 1.165) is 30.8 Å². The Balaban J connectivity index is 2.05. The summed E-state index contributed by atoms with van der Waals surface area (Å²) < 4.78 is 5.92.